The molecule has 0 heterocycles. The Balaban J connectivity index is 1.44. The number of carbonyl (C=O) groups excluding carboxylic acids is 1. The maximum Gasteiger partial charge on any atom is 0.224 e. The van der Waals surface area contributed by atoms with E-state index in [2.05, 4.69) is 48.6 Å². The summed E-state index contributed by atoms with van der Waals surface area (Å²) >= 11 is 12.3. The molecule has 4 nitrogen and oxygen atoms in total. The van der Waals surface area contributed by atoms with Crippen LogP contribution in [0.1, 0.15) is 36.1 Å². The van der Waals surface area contributed by atoms with Crippen molar-refractivity contribution in [2.24, 2.45) is 0 Å². The van der Waals surface area contributed by atoms with Crippen LogP contribution in [0.2, 0.25) is 10.0 Å². The summed E-state index contributed by atoms with van der Waals surface area (Å²) < 4.78 is 5.26. The van der Waals surface area contributed by atoms with Crippen LogP contribution < -0.4 is 10.1 Å². The Hall–Kier alpha value is -3.05. The van der Waals surface area contributed by atoms with E-state index in [0.717, 1.165) is 16.9 Å². The lowest BCUT2D eigenvalue weighted by Crippen LogP contribution is -2.33. The number of carbonyl (C=O) groups is 1. The van der Waals surface area contributed by atoms with Crippen LogP contribution in [0.5, 0.6) is 5.75 Å². The van der Waals surface area contributed by atoms with E-state index in [1.54, 1.807) is 13.2 Å². The van der Waals surface area contributed by atoms with Crippen molar-refractivity contribution in [3.05, 3.63) is 112 Å². The molecule has 1 N–H and O–H groups in total. The highest BCUT2D eigenvalue weighted by atomic mass is 35.5. The summed E-state index contributed by atoms with van der Waals surface area (Å²) in [5.41, 5.74) is 3.19. The molecule has 1 atom stereocenters. The predicted octanol–water partition coefficient (Wildman–Crippen LogP) is 7.42. The quantitative estimate of drug-likeness (QED) is 0.236. The Labute approximate surface area is 222 Å². The maximum absolute atomic E-state index is 13.4. The topological polar surface area (TPSA) is 41.6 Å². The van der Waals surface area contributed by atoms with Crippen molar-refractivity contribution in [2.45, 2.75) is 32.5 Å². The van der Waals surface area contributed by atoms with Gasteiger partial charge in [-0.05, 0) is 58.7 Å². The molecule has 1 amide bonds. The van der Waals surface area contributed by atoms with Crippen LogP contribution in [0.15, 0.2) is 84.9 Å². The van der Waals surface area contributed by atoms with Gasteiger partial charge in [0.15, 0.2) is 0 Å². The molecule has 0 unspecified atom stereocenters. The number of ether oxygens (including phenoxy) is 1. The van der Waals surface area contributed by atoms with E-state index in [-0.39, 0.29) is 11.9 Å². The number of methoxy groups -OCH3 is 1. The van der Waals surface area contributed by atoms with Crippen LogP contribution in [0.25, 0.3) is 10.8 Å². The summed E-state index contributed by atoms with van der Waals surface area (Å²) in [7, 11) is 1.64. The van der Waals surface area contributed by atoms with Gasteiger partial charge in [-0.3, -0.25) is 4.79 Å². The highest BCUT2D eigenvalue weighted by Crippen LogP contribution is 2.25. The fourth-order valence-corrected chi connectivity index (χ4v) is 4.65. The molecule has 0 fully saturated rings. The Bertz CT molecular complexity index is 1320. The summed E-state index contributed by atoms with van der Waals surface area (Å²) in [4.78, 5) is 15.2. The summed E-state index contributed by atoms with van der Waals surface area (Å²) in [6.45, 7) is 3.64. The molecular weight excluding hydrogens is 491 g/mol. The highest BCUT2D eigenvalue weighted by Gasteiger charge is 2.17. The lowest BCUT2D eigenvalue weighted by Gasteiger charge is -2.24. The first-order chi connectivity index (χ1) is 17.4. The SMILES string of the molecule is COc1ccc(CN(Cc2ccc(Cl)c(Cl)c2)C(=O)CCN[C@H](C)c2cccc3ccccc23)cc1. The van der Waals surface area contributed by atoms with Gasteiger partial charge in [0.1, 0.15) is 5.75 Å². The summed E-state index contributed by atoms with van der Waals surface area (Å²) in [6.07, 6.45) is 0.382. The van der Waals surface area contributed by atoms with Gasteiger partial charge in [-0.15, -0.1) is 0 Å². The van der Waals surface area contributed by atoms with Crippen LogP contribution in [0.3, 0.4) is 0 Å². The first kappa shape index (κ1) is 26.0. The average molecular weight is 521 g/mol. The molecule has 6 heteroatoms. The molecule has 0 aromatic heterocycles. The molecule has 186 valence electrons. The number of benzene rings is 4. The third-order valence-corrected chi connectivity index (χ3v) is 7.06. The number of fused-ring (bicyclic) bond motifs is 1. The van der Waals surface area contributed by atoms with Crippen molar-refractivity contribution >= 4 is 39.9 Å². The van der Waals surface area contributed by atoms with Crippen LogP contribution in [0.4, 0.5) is 0 Å². The zero-order valence-corrected chi connectivity index (χ0v) is 22.0. The minimum Gasteiger partial charge on any atom is -0.497 e. The van der Waals surface area contributed by atoms with Crippen molar-refractivity contribution in [3.63, 3.8) is 0 Å². The van der Waals surface area contributed by atoms with Crippen molar-refractivity contribution in [3.8, 4) is 5.75 Å². The summed E-state index contributed by atoms with van der Waals surface area (Å²) in [5.74, 6) is 0.849. The van der Waals surface area contributed by atoms with Gasteiger partial charge in [-0.25, -0.2) is 0 Å². The smallest absolute Gasteiger partial charge is 0.224 e. The molecule has 0 saturated carbocycles. The number of hydrogen-bond donors (Lipinski definition) is 1. The van der Waals surface area contributed by atoms with Crippen molar-refractivity contribution < 1.29 is 9.53 Å². The maximum atomic E-state index is 13.4. The molecule has 0 aliphatic rings. The highest BCUT2D eigenvalue weighted by molar-refractivity contribution is 6.42. The van der Waals surface area contributed by atoms with Gasteiger partial charge >= 0.3 is 0 Å². The largest absolute Gasteiger partial charge is 0.497 e. The Morgan fingerprint density at radius 2 is 1.58 bits per heavy atom. The molecule has 0 radical (unpaired) electrons. The number of amides is 1. The zero-order chi connectivity index (χ0) is 25.5. The van der Waals surface area contributed by atoms with Gasteiger partial charge in [-0.1, -0.05) is 83.9 Å². The minimum absolute atomic E-state index is 0.0644. The molecule has 0 aliphatic carbocycles. The molecule has 4 aromatic carbocycles. The molecular formula is C30H30Cl2N2O2. The van der Waals surface area contributed by atoms with E-state index in [4.69, 9.17) is 27.9 Å². The lowest BCUT2D eigenvalue weighted by atomic mass is 9.99. The second-order valence-electron chi connectivity index (χ2n) is 8.84. The van der Waals surface area contributed by atoms with Gasteiger partial charge in [0.25, 0.3) is 0 Å². The van der Waals surface area contributed by atoms with E-state index in [1.165, 1.54) is 16.3 Å². The van der Waals surface area contributed by atoms with Gasteiger partial charge < -0.3 is 15.0 Å². The second kappa shape index (κ2) is 12.3. The minimum atomic E-state index is 0.0644. The monoisotopic (exact) mass is 520 g/mol. The zero-order valence-electron chi connectivity index (χ0n) is 20.5. The fraction of sp³-hybridized carbons (Fsp3) is 0.233. The van der Waals surface area contributed by atoms with E-state index in [9.17, 15) is 4.79 Å². The molecule has 36 heavy (non-hydrogen) atoms. The first-order valence-electron chi connectivity index (χ1n) is 12.0. The van der Waals surface area contributed by atoms with E-state index in [0.29, 0.717) is 36.1 Å². The van der Waals surface area contributed by atoms with Gasteiger partial charge in [0, 0.05) is 32.1 Å². The Kier molecular flexibility index (Phi) is 8.87. The van der Waals surface area contributed by atoms with Crippen molar-refractivity contribution in [1.82, 2.24) is 10.2 Å². The number of rotatable bonds is 10. The number of nitrogens with one attached hydrogen (secondary N) is 1. The van der Waals surface area contributed by atoms with E-state index in [1.807, 2.05) is 47.4 Å². The molecule has 0 saturated heterocycles. The van der Waals surface area contributed by atoms with E-state index >= 15 is 0 Å². The van der Waals surface area contributed by atoms with Crippen LogP contribution in [-0.4, -0.2) is 24.5 Å². The number of halogens is 2. The van der Waals surface area contributed by atoms with Gasteiger partial charge in [-0.2, -0.15) is 0 Å². The fourth-order valence-electron chi connectivity index (χ4n) is 4.33. The molecule has 0 bridgehead atoms. The number of nitrogens with zero attached hydrogens (tertiary/aromatic N) is 1. The standard InChI is InChI=1S/C30H30Cl2N2O2/c1-21(26-9-5-7-24-6-3-4-8-27(24)26)33-17-16-30(35)34(19-22-10-13-25(36-2)14-11-22)20-23-12-15-28(31)29(32)18-23/h3-15,18,21,33H,16-17,19-20H2,1-2H3/t21-/m1/s1. The summed E-state index contributed by atoms with van der Waals surface area (Å²) in [6, 6.07) is 28.1. The molecule has 4 aromatic rings. The van der Waals surface area contributed by atoms with Crippen molar-refractivity contribution in [2.75, 3.05) is 13.7 Å². The lowest BCUT2D eigenvalue weighted by molar-refractivity contribution is -0.132. The summed E-state index contributed by atoms with van der Waals surface area (Å²) in [5, 5.41) is 6.96. The third kappa shape index (κ3) is 6.58. The van der Waals surface area contributed by atoms with Crippen molar-refractivity contribution in [1.29, 1.82) is 0 Å². The van der Waals surface area contributed by atoms with Crippen LogP contribution >= 0.6 is 23.2 Å². The first-order valence-corrected chi connectivity index (χ1v) is 12.8. The second-order valence-corrected chi connectivity index (χ2v) is 9.65. The Morgan fingerprint density at radius 3 is 2.33 bits per heavy atom. The van der Waals surface area contributed by atoms with E-state index < -0.39 is 0 Å². The number of hydrogen-bond acceptors (Lipinski definition) is 3. The molecule has 0 aliphatic heterocycles. The normalized spacial score (nSPS) is 11.9. The predicted molar refractivity (Wildman–Crippen MR) is 149 cm³/mol. The van der Waals surface area contributed by atoms with Crippen LogP contribution in [0, 0.1) is 0 Å². The van der Waals surface area contributed by atoms with Gasteiger partial charge in [0.05, 0.1) is 17.2 Å². The molecule has 4 rings (SSSR count). The third-order valence-electron chi connectivity index (χ3n) is 6.32. The van der Waals surface area contributed by atoms with Crippen LogP contribution in [-0.2, 0) is 17.9 Å². The van der Waals surface area contributed by atoms with Gasteiger partial charge in [0.2, 0.25) is 5.91 Å². The average Bonchev–Trinajstić information content (AvgIpc) is 2.90. The molecule has 0 spiro atoms. The Morgan fingerprint density at radius 1 is 0.889 bits per heavy atom.